The van der Waals surface area contributed by atoms with Gasteiger partial charge in [-0.2, -0.15) is 0 Å². The molecule has 1 N–H and O–H groups in total. The molecule has 1 aromatic heterocycles. The van der Waals surface area contributed by atoms with Gasteiger partial charge >= 0.3 is 7.60 Å². The summed E-state index contributed by atoms with van der Waals surface area (Å²) in [4.78, 5) is 0. The fourth-order valence-electron chi connectivity index (χ4n) is 4.05. The van der Waals surface area contributed by atoms with Crippen LogP contribution >= 0.6 is 7.60 Å². The molecule has 0 fully saturated rings. The summed E-state index contributed by atoms with van der Waals surface area (Å²) in [6, 6.07) is 23.5. The van der Waals surface area contributed by atoms with E-state index in [0.29, 0.717) is 17.1 Å². The Morgan fingerprint density at radius 2 is 1.68 bits per heavy atom. The lowest BCUT2D eigenvalue weighted by molar-refractivity contribution is 0.212. The van der Waals surface area contributed by atoms with Gasteiger partial charge in [0.05, 0.1) is 20.3 Å². The summed E-state index contributed by atoms with van der Waals surface area (Å²) in [5, 5.41) is 4.29. The standard InChI is InChI=1S/C27H30NO5P/c1-5-31-34(29,32-6-2)27(28-21-14-10-11-19(3)17-21)26-25(20-12-8-7-9-13-20)23-16-15-22(30-4)18-24(23)33-26/h7-18,27-28H,5-6H2,1-4H3. The third-order valence-electron chi connectivity index (χ3n) is 5.49. The molecule has 34 heavy (non-hydrogen) atoms. The fraction of sp³-hybridized carbons (Fsp3) is 0.259. The zero-order valence-electron chi connectivity index (χ0n) is 19.9. The van der Waals surface area contributed by atoms with Crippen LogP contribution in [0.1, 0.15) is 31.0 Å². The first kappa shape index (κ1) is 24.1. The molecule has 0 aliphatic carbocycles. The molecular weight excluding hydrogens is 449 g/mol. The van der Waals surface area contributed by atoms with Crippen LogP contribution in [0.25, 0.3) is 22.1 Å². The van der Waals surface area contributed by atoms with Gasteiger partial charge in [-0.3, -0.25) is 4.57 Å². The van der Waals surface area contributed by atoms with E-state index in [1.165, 1.54) is 0 Å². The first-order valence-electron chi connectivity index (χ1n) is 11.4. The molecule has 0 aliphatic heterocycles. The van der Waals surface area contributed by atoms with Crippen molar-refractivity contribution in [3.05, 3.63) is 84.1 Å². The molecular formula is C27H30NO5P. The molecule has 0 radical (unpaired) electrons. The zero-order valence-corrected chi connectivity index (χ0v) is 20.8. The highest BCUT2D eigenvalue weighted by molar-refractivity contribution is 7.54. The average Bonchev–Trinajstić information content (AvgIpc) is 3.21. The molecule has 0 saturated carbocycles. The van der Waals surface area contributed by atoms with Gasteiger partial charge in [0.25, 0.3) is 0 Å². The number of anilines is 1. The molecule has 0 bridgehead atoms. The van der Waals surface area contributed by atoms with Gasteiger partial charge < -0.3 is 23.5 Å². The van der Waals surface area contributed by atoms with Gasteiger partial charge in [-0.15, -0.1) is 0 Å². The highest BCUT2D eigenvalue weighted by Crippen LogP contribution is 2.63. The largest absolute Gasteiger partial charge is 0.497 e. The fourth-order valence-corrected chi connectivity index (χ4v) is 5.91. The quantitative estimate of drug-likeness (QED) is 0.234. The first-order valence-corrected chi connectivity index (χ1v) is 13.0. The van der Waals surface area contributed by atoms with Crippen LogP contribution in [0, 0.1) is 6.92 Å². The maximum Gasteiger partial charge on any atom is 0.360 e. The van der Waals surface area contributed by atoms with E-state index in [4.69, 9.17) is 18.2 Å². The van der Waals surface area contributed by atoms with Gasteiger partial charge in [-0.1, -0.05) is 42.5 Å². The Morgan fingerprint density at radius 3 is 2.32 bits per heavy atom. The van der Waals surface area contributed by atoms with E-state index in [-0.39, 0.29) is 13.2 Å². The van der Waals surface area contributed by atoms with Crippen LogP contribution < -0.4 is 10.1 Å². The zero-order chi connectivity index (χ0) is 24.1. The summed E-state index contributed by atoms with van der Waals surface area (Å²) in [6.07, 6.45) is 0. The van der Waals surface area contributed by atoms with Crippen molar-refractivity contribution in [1.29, 1.82) is 0 Å². The molecule has 0 aliphatic rings. The van der Waals surface area contributed by atoms with Crippen molar-refractivity contribution < 1.29 is 22.8 Å². The first-order chi connectivity index (χ1) is 16.5. The Kier molecular flexibility index (Phi) is 7.42. The Balaban J connectivity index is 1.98. The maximum absolute atomic E-state index is 14.2. The summed E-state index contributed by atoms with van der Waals surface area (Å²) in [5.41, 5.74) is 4.27. The summed E-state index contributed by atoms with van der Waals surface area (Å²) in [5.74, 6) is 0.289. The van der Waals surface area contributed by atoms with E-state index in [1.807, 2.05) is 79.7 Å². The topological polar surface area (TPSA) is 69.9 Å². The monoisotopic (exact) mass is 479 g/mol. The Bertz CT molecular complexity index is 1290. The molecule has 4 aromatic rings. The van der Waals surface area contributed by atoms with Crippen molar-refractivity contribution in [2.45, 2.75) is 26.6 Å². The lowest BCUT2D eigenvalue weighted by Gasteiger charge is -2.27. The van der Waals surface area contributed by atoms with E-state index >= 15 is 0 Å². The van der Waals surface area contributed by atoms with Gasteiger partial charge in [-0.05, 0) is 56.2 Å². The molecule has 3 aromatic carbocycles. The number of hydrogen-bond acceptors (Lipinski definition) is 6. The SMILES string of the molecule is CCOP(=O)(OCC)C(Nc1cccc(C)c1)c1oc2cc(OC)ccc2c1-c1ccccc1. The number of furan rings is 1. The maximum atomic E-state index is 14.2. The van der Waals surface area contributed by atoms with Crippen LogP contribution in [-0.4, -0.2) is 20.3 Å². The van der Waals surface area contributed by atoms with Gasteiger partial charge in [-0.25, -0.2) is 0 Å². The number of nitrogens with one attached hydrogen (secondary N) is 1. The van der Waals surface area contributed by atoms with Crippen molar-refractivity contribution in [3.8, 4) is 16.9 Å². The smallest absolute Gasteiger partial charge is 0.360 e. The summed E-state index contributed by atoms with van der Waals surface area (Å²) in [7, 11) is -2.07. The van der Waals surface area contributed by atoms with E-state index in [0.717, 1.165) is 27.8 Å². The Hall–Kier alpha value is -3.05. The highest BCUT2D eigenvalue weighted by atomic mass is 31.2. The normalized spacial score (nSPS) is 12.6. The number of hydrogen-bond donors (Lipinski definition) is 1. The van der Waals surface area contributed by atoms with Gasteiger partial charge in [0.2, 0.25) is 0 Å². The molecule has 178 valence electrons. The van der Waals surface area contributed by atoms with Crippen LogP contribution in [0.4, 0.5) is 5.69 Å². The van der Waals surface area contributed by atoms with Crippen molar-refractivity contribution >= 4 is 24.3 Å². The Morgan fingerprint density at radius 1 is 0.941 bits per heavy atom. The minimum absolute atomic E-state index is 0.234. The van der Waals surface area contributed by atoms with Crippen molar-refractivity contribution in [2.75, 3.05) is 25.6 Å². The van der Waals surface area contributed by atoms with Crippen molar-refractivity contribution in [1.82, 2.24) is 0 Å². The molecule has 0 spiro atoms. The molecule has 0 amide bonds. The molecule has 1 atom stereocenters. The van der Waals surface area contributed by atoms with Crippen LogP contribution in [0.3, 0.4) is 0 Å². The molecule has 1 unspecified atom stereocenters. The second-order valence-electron chi connectivity index (χ2n) is 7.86. The van der Waals surface area contributed by atoms with Gasteiger partial charge in [0.15, 0.2) is 5.78 Å². The summed E-state index contributed by atoms with van der Waals surface area (Å²) < 4.78 is 37.6. The van der Waals surface area contributed by atoms with E-state index < -0.39 is 13.4 Å². The molecule has 6 nitrogen and oxygen atoms in total. The van der Waals surface area contributed by atoms with Crippen LogP contribution in [0.2, 0.25) is 0 Å². The van der Waals surface area contributed by atoms with Crippen LogP contribution in [0.5, 0.6) is 5.75 Å². The Labute approximate surface area is 200 Å². The number of fused-ring (bicyclic) bond motifs is 1. The number of methoxy groups -OCH3 is 1. The van der Waals surface area contributed by atoms with Gasteiger partial charge in [0, 0.05) is 22.7 Å². The van der Waals surface area contributed by atoms with E-state index in [1.54, 1.807) is 21.0 Å². The molecule has 1 heterocycles. The number of aryl methyl sites for hydroxylation is 1. The molecule has 7 heteroatoms. The summed E-state index contributed by atoms with van der Waals surface area (Å²) >= 11 is 0. The predicted molar refractivity (Wildman–Crippen MR) is 137 cm³/mol. The second kappa shape index (κ2) is 10.5. The third-order valence-corrected chi connectivity index (χ3v) is 7.72. The second-order valence-corrected chi connectivity index (χ2v) is 9.97. The highest BCUT2D eigenvalue weighted by Gasteiger charge is 2.41. The number of benzene rings is 3. The third kappa shape index (κ3) is 4.90. The predicted octanol–water partition coefficient (Wildman–Crippen LogP) is 7.79. The average molecular weight is 480 g/mol. The van der Waals surface area contributed by atoms with Crippen LogP contribution in [0.15, 0.2) is 77.2 Å². The lowest BCUT2D eigenvalue weighted by Crippen LogP contribution is -2.15. The lowest BCUT2D eigenvalue weighted by atomic mass is 10.0. The van der Waals surface area contributed by atoms with E-state index in [9.17, 15) is 4.57 Å². The molecule has 4 rings (SSSR count). The number of rotatable bonds is 10. The minimum atomic E-state index is -3.69. The van der Waals surface area contributed by atoms with Crippen LogP contribution in [-0.2, 0) is 13.6 Å². The van der Waals surface area contributed by atoms with Crippen molar-refractivity contribution in [2.24, 2.45) is 0 Å². The van der Waals surface area contributed by atoms with Gasteiger partial charge in [0.1, 0.15) is 17.1 Å². The summed E-state index contributed by atoms with van der Waals surface area (Å²) in [6.45, 7) is 6.08. The molecule has 0 saturated heterocycles. The number of ether oxygens (including phenoxy) is 1. The van der Waals surface area contributed by atoms with Crippen molar-refractivity contribution in [3.63, 3.8) is 0 Å². The van der Waals surface area contributed by atoms with E-state index in [2.05, 4.69) is 5.32 Å². The minimum Gasteiger partial charge on any atom is -0.497 e.